The molecular weight excluding hydrogens is 344 g/mol. The average Bonchev–Trinajstić information content (AvgIpc) is 3.04. The number of nitrogens with one attached hydrogen (secondary N) is 1. The van der Waals surface area contributed by atoms with E-state index in [4.69, 9.17) is 14.2 Å². The summed E-state index contributed by atoms with van der Waals surface area (Å²) in [4.78, 5) is 27.7. The minimum atomic E-state index is -0.566. The van der Waals surface area contributed by atoms with Gasteiger partial charge < -0.3 is 19.5 Å². The number of hydrogen-bond donors (Lipinski definition) is 1. The van der Waals surface area contributed by atoms with Crippen LogP contribution in [0, 0.1) is 6.92 Å². The quantitative estimate of drug-likeness (QED) is 0.541. The van der Waals surface area contributed by atoms with E-state index in [-0.39, 0.29) is 12.5 Å². The second-order valence-electron chi connectivity index (χ2n) is 5.09. The number of methoxy groups -OCH3 is 1. The zero-order valence-corrected chi connectivity index (χ0v) is 14.9. The van der Waals surface area contributed by atoms with Gasteiger partial charge in [-0.25, -0.2) is 9.78 Å². The van der Waals surface area contributed by atoms with Crippen LogP contribution in [0.4, 0.5) is 0 Å². The maximum atomic E-state index is 11.9. The van der Waals surface area contributed by atoms with Crippen LogP contribution >= 0.6 is 11.3 Å². The van der Waals surface area contributed by atoms with E-state index >= 15 is 0 Å². The molecule has 0 saturated carbocycles. The average molecular weight is 364 g/mol. The number of amides is 1. The lowest BCUT2D eigenvalue weighted by Gasteiger charge is -2.07. The van der Waals surface area contributed by atoms with Gasteiger partial charge >= 0.3 is 5.97 Å². The molecule has 1 aromatic carbocycles. The lowest BCUT2D eigenvalue weighted by molar-refractivity contribution is -0.124. The molecule has 0 aliphatic carbocycles. The first-order chi connectivity index (χ1) is 12.1. The highest BCUT2D eigenvalue weighted by atomic mass is 32.1. The highest BCUT2D eigenvalue weighted by Gasteiger charge is 2.10. The van der Waals surface area contributed by atoms with Crippen molar-refractivity contribution >= 4 is 23.2 Å². The molecule has 0 saturated heterocycles. The largest absolute Gasteiger partial charge is 0.487 e. The number of aryl methyl sites for hydroxylation is 1. The Bertz CT molecular complexity index is 699. The number of esters is 1. The molecule has 25 heavy (non-hydrogen) atoms. The van der Waals surface area contributed by atoms with Crippen LogP contribution in [0.2, 0.25) is 0 Å². The lowest BCUT2D eigenvalue weighted by Crippen LogP contribution is -2.31. The van der Waals surface area contributed by atoms with E-state index in [1.54, 1.807) is 35.6 Å². The van der Waals surface area contributed by atoms with E-state index in [1.165, 1.54) is 7.11 Å². The summed E-state index contributed by atoms with van der Waals surface area (Å²) in [6.45, 7) is 2.76. The van der Waals surface area contributed by atoms with Gasteiger partial charge in [0.2, 0.25) is 0 Å². The maximum absolute atomic E-state index is 11.9. The first-order valence-electron chi connectivity index (χ1n) is 7.65. The molecule has 0 radical (unpaired) electrons. The number of carbonyl (C=O) groups is 2. The molecule has 2 rings (SSSR count). The molecular formula is C17H20N2O5S. The summed E-state index contributed by atoms with van der Waals surface area (Å²) in [5.41, 5.74) is 1.21. The van der Waals surface area contributed by atoms with E-state index in [2.05, 4.69) is 10.3 Å². The third-order valence-corrected chi connectivity index (χ3v) is 3.93. The van der Waals surface area contributed by atoms with Crippen LogP contribution in [0.5, 0.6) is 5.75 Å². The minimum Gasteiger partial charge on any atom is -0.487 e. The number of hydrogen-bond acceptors (Lipinski definition) is 7. The number of carbonyl (C=O) groups excluding carboxylic acids is 2. The molecule has 0 spiro atoms. The molecule has 1 amide bonds. The van der Waals surface area contributed by atoms with Crippen LogP contribution in [0.15, 0.2) is 29.6 Å². The van der Waals surface area contributed by atoms with Crippen molar-refractivity contribution < 1.29 is 23.8 Å². The van der Waals surface area contributed by atoms with E-state index < -0.39 is 5.97 Å². The van der Waals surface area contributed by atoms with Gasteiger partial charge in [-0.1, -0.05) is 0 Å². The van der Waals surface area contributed by atoms with Gasteiger partial charge in [0.05, 0.1) is 22.9 Å². The van der Waals surface area contributed by atoms with Gasteiger partial charge in [0.1, 0.15) is 12.4 Å². The Labute approximate surface area is 149 Å². The van der Waals surface area contributed by atoms with Crippen molar-refractivity contribution in [1.82, 2.24) is 10.3 Å². The van der Waals surface area contributed by atoms with Gasteiger partial charge in [-0.15, -0.1) is 11.3 Å². The van der Waals surface area contributed by atoms with E-state index in [9.17, 15) is 9.59 Å². The molecule has 0 fully saturated rings. The summed E-state index contributed by atoms with van der Waals surface area (Å²) in [5, 5.41) is 5.50. The lowest BCUT2D eigenvalue weighted by atomic mass is 10.2. The van der Waals surface area contributed by atoms with Crippen LogP contribution in [0.3, 0.4) is 0 Å². The number of rotatable bonds is 9. The Morgan fingerprint density at radius 3 is 2.64 bits per heavy atom. The molecule has 1 heterocycles. The fourth-order valence-electron chi connectivity index (χ4n) is 1.88. The molecule has 2 aromatic rings. The standard InChI is InChI=1S/C17H20N2O5S/c1-12-19-14(11-25-12)9-23-15-5-3-13(4-6-15)17(21)24-10-16(20)18-7-8-22-2/h3-6,11H,7-10H2,1-2H3,(H,18,20). The Balaban J connectivity index is 1.76. The van der Waals surface area contributed by atoms with Crippen molar-refractivity contribution in [2.24, 2.45) is 0 Å². The van der Waals surface area contributed by atoms with Crippen LogP contribution in [-0.4, -0.2) is 43.7 Å². The molecule has 7 nitrogen and oxygen atoms in total. The highest BCUT2D eigenvalue weighted by Crippen LogP contribution is 2.16. The van der Waals surface area contributed by atoms with Gasteiger partial charge in [-0.3, -0.25) is 4.79 Å². The number of thiazole rings is 1. The predicted octanol–water partition coefficient (Wildman–Crippen LogP) is 1.95. The summed E-state index contributed by atoms with van der Waals surface area (Å²) in [7, 11) is 1.54. The molecule has 0 bridgehead atoms. The van der Waals surface area contributed by atoms with E-state index in [0.29, 0.717) is 31.1 Å². The fourth-order valence-corrected chi connectivity index (χ4v) is 2.47. The van der Waals surface area contributed by atoms with Gasteiger partial charge in [0, 0.05) is 19.0 Å². The molecule has 8 heteroatoms. The molecule has 0 aliphatic heterocycles. The summed E-state index contributed by atoms with van der Waals surface area (Å²) in [5.74, 6) is -0.313. The van der Waals surface area contributed by atoms with Crippen molar-refractivity contribution in [1.29, 1.82) is 0 Å². The SMILES string of the molecule is COCCNC(=O)COC(=O)c1ccc(OCc2csc(C)n2)cc1. The second-order valence-corrected chi connectivity index (χ2v) is 6.15. The number of nitrogens with zero attached hydrogens (tertiary/aromatic N) is 1. The van der Waals surface area contributed by atoms with Crippen molar-refractivity contribution in [2.45, 2.75) is 13.5 Å². The first-order valence-corrected chi connectivity index (χ1v) is 8.53. The van der Waals surface area contributed by atoms with Crippen molar-refractivity contribution in [2.75, 3.05) is 26.9 Å². The smallest absolute Gasteiger partial charge is 0.338 e. The Kier molecular flexibility index (Phi) is 7.36. The second kappa shape index (κ2) is 9.75. The van der Waals surface area contributed by atoms with Gasteiger partial charge in [0.25, 0.3) is 5.91 Å². The number of ether oxygens (including phenoxy) is 3. The number of benzene rings is 1. The Morgan fingerprint density at radius 1 is 1.24 bits per heavy atom. The first kappa shape index (κ1) is 18.9. The third kappa shape index (κ3) is 6.52. The highest BCUT2D eigenvalue weighted by molar-refractivity contribution is 7.09. The third-order valence-electron chi connectivity index (χ3n) is 3.11. The van der Waals surface area contributed by atoms with Gasteiger partial charge in [-0.2, -0.15) is 0 Å². The van der Waals surface area contributed by atoms with E-state index in [1.807, 2.05) is 12.3 Å². The zero-order chi connectivity index (χ0) is 18.1. The zero-order valence-electron chi connectivity index (χ0n) is 14.1. The van der Waals surface area contributed by atoms with Crippen LogP contribution in [0.1, 0.15) is 21.1 Å². The summed E-state index contributed by atoms with van der Waals surface area (Å²) < 4.78 is 15.4. The van der Waals surface area contributed by atoms with Crippen molar-refractivity contribution in [3.63, 3.8) is 0 Å². The molecule has 0 unspecified atom stereocenters. The molecule has 1 aromatic heterocycles. The molecule has 1 N–H and O–H groups in total. The van der Waals surface area contributed by atoms with Gasteiger partial charge in [0.15, 0.2) is 6.61 Å². The predicted molar refractivity (Wildman–Crippen MR) is 92.8 cm³/mol. The summed E-state index contributed by atoms with van der Waals surface area (Å²) in [6, 6.07) is 6.53. The summed E-state index contributed by atoms with van der Waals surface area (Å²) >= 11 is 1.57. The minimum absolute atomic E-state index is 0.329. The van der Waals surface area contributed by atoms with Crippen LogP contribution in [-0.2, 0) is 20.9 Å². The maximum Gasteiger partial charge on any atom is 0.338 e. The topological polar surface area (TPSA) is 86.8 Å². The normalized spacial score (nSPS) is 10.3. The molecule has 0 aliphatic rings. The fraction of sp³-hybridized carbons (Fsp3) is 0.353. The summed E-state index contributed by atoms with van der Waals surface area (Å²) in [6.07, 6.45) is 0. The van der Waals surface area contributed by atoms with Crippen molar-refractivity contribution in [3.8, 4) is 5.75 Å². The van der Waals surface area contributed by atoms with E-state index in [0.717, 1.165) is 10.7 Å². The Hall–Kier alpha value is -2.45. The van der Waals surface area contributed by atoms with Crippen LogP contribution in [0.25, 0.3) is 0 Å². The molecule has 0 atom stereocenters. The number of aromatic nitrogens is 1. The monoisotopic (exact) mass is 364 g/mol. The Morgan fingerprint density at radius 2 is 2.00 bits per heavy atom. The van der Waals surface area contributed by atoms with Crippen molar-refractivity contribution in [3.05, 3.63) is 45.9 Å². The molecule has 134 valence electrons. The van der Waals surface area contributed by atoms with Crippen LogP contribution < -0.4 is 10.1 Å². The van der Waals surface area contributed by atoms with Gasteiger partial charge in [-0.05, 0) is 31.2 Å².